The summed E-state index contributed by atoms with van der Waals surface area (Å²) >= 11 is 5.58. The Labute approximate surface area is 119 Å². The van der Waals surface area contributed by atoms with Crippen LogP contribution in [0, 0.1) is 10.1 Å². The Morgan fingerprint density at radius 2 is 2.05 bits per heavy atom. The number of urea groups is 1. The molecule has 0 aliphatic carbocycles. The summed E-state index contributed by atoms with van der Waals surface area (Å²) in [5.41, 5.74) is 4.30. The first-order valence-electron chi connectivity index (χ1n) is 5.21. The summed E-state index contributed by atoms with van der Waals surface area (Å²) in [6.07, 6.45) is 0. The van der Waals surface area contributed by atoms with Crippen LogP contribution in [0.5, 0.6) is 0 Å². The zero-order valence-corrected chi connectivity index (χ0v) is 11.6. The molecule has 11 heteroatoms. The van der Waals surface area contributed by atoms with Crippen LogP contribution in [-0.4, -0.2) is 32.5 Å². The molecule has 0 radical (unpaired) electrons. The lowest BCUT2D eigenvalue weighted by molar-refractivity contribution is -0.384. The highest BCUT2D eigenvalue weighted by molar-refractivity contribution is 7.89. The van der Waals surface area contributed by atoms with Crippen LogP contribution in [0.1, 0.15) is 0 Å². The monoisotopic (exact) mass is 322 g/mol. The van der Waals surface area contributed by atoms with E-state index < -0.39 is 26.7 Å². The number of nitrogens with zero attached hydrogens (tertiary/aromatic N) is 1. The Bertz CT molecular complexity index is 633. The number of nitrogens with one attached hydrogen (secondary N) is 2. The standard InChI is InChI=1S/C9H11ClN4O5S/c10-7-2-1-6(5-8(7)14(16)17)20(18,19)13-4-3-12-9(11)15/h1-2,5,13H,3-4H2,(H3,11,12,15). The van der Waals surface area contributed by atoms with E-state index in [1.54, 1.807) is 0 Å². The number of nitrogens with two attached hydrogens (primary N) is 1. The SMILES string of the molecule is NC(=O)NCCNS(=O)(=O)c1ccc(Cl)c([N+](=O)[O-])c1. The van der Waals surface area contributed by atoms with Crippen molar-refractivity contribution in [1.82, 2.24) is 10.0 Å². The second kappa shape index (κ2) is 6.50. The van der Waals surface area contributed by atoms with Gasteiger partial charge < -0.3 is 11.1 Å². The van der Waals surface area contributed by atoms with Gasteiger partial charge in [-0.2, -0.15) is 0 Å². The molecule has 2 amide bonds. The maximum absolute atomic E-state index is 11.8. The molecule has 4 N–H and O–H groups in total. The van der Waals surface area contributed by atoms with Crippen LogP contribution in [0.4, 0.5) is 10.5 Å². The van der Waals surface area contributed by atoms with Crippen LogP contribution in [0.3, 0.4) is 0 Å². The first-order valence-corrected chi connectivity index (χ1v) is 7.07. The number of rotatable bonds is 6. The number of hydrogen-bond donors (Lipinski definition) is 3. The molecule has 0 bridgehead atoms. The average Bonchev–Trinajstić information content (AvgIpc) is 2.34. The highest BCUT2D eigenvalue weighted by atomic mass is 35.5. The number of halogens is 1. The van der Waals surface area contributed by atoms with Gasteiger partial charge in [-0.1, -0.05) is 11.6 Å². The Kier molecular flexibility index (Phi) is 5.25. The number of sulfonamides is 1. The number of amides is 2. The van der Waals surface area contributed by atoms with Crippen LogP contribution in [-0.2, 0) is 10.0 Å². The van der Waals surface area contributed by atoms with Gasteiger partial charge in [0.15, 0.2) is 0 Å². The van der Waals surface area contributed by atoms with Crippen LogP contribution >= 0.6 is 11.6 Å². The van der Waals surface area contributed by atoms with Gasteiger partial charge in [0.1, 0.15) is 5.02 Å². The lowest BCUT2D eigenvalue weighted by Crippen LogP contribution is -2.37. The average molecular weight is 323 g/mol. The topological polar surface area (TPSA) is 144 Å². The van der Waals surface area contributed by atoms with Gasteiger partial charge in [-0.15, -0.1) is 0 Å². The summed E-state index contributed by atoms with van der Waals surface area (Å²) < 4.78 is 25.8. The maximum atomic E-state index is 11.8. The molecule has 0 atom stereocenters. The third-order valence-corrected chi connectivity index (χ3v) is 3.92. The number of hydrogen-bond acceptors (Lipinski definition) is 5. The number of benzene rings is 1. The lowest BCUT2D eigenvalue weighted by atomic mass is 10.3. The molecular formula is C9H11ClN4O5S. The molecule has 0 aliphatic rings. The van der Waals surface area contributed by atoms with E-state index >= 15 is 0 Å². The normalized spacial score (nSPS) is 11.1. The quantitative estimate of drug-likeness (QED) is 0.389. The van der Waals surface area contributed by atoms with E-state index in [2.05, 4.69) is 10.0 Å². The van der Waals surface area contributed by atoms with Crippen LogP contribution in [0.2, 0.25) is 5.02 Å². The third kappa shape index (κ3) is 4.33. The maximum Gasteiger partial charge on any atom is 0.312 e. The van der Waals surface area contributed by atoms with Gasteiger partial charge in [0.05, 0.1) is 9.82 Å². The van der Waals surface area contributed by atoms with Crippen molar-refractivity contribution in [2.75, 3.05) is 13.1 Å². The van der Waals surface area contributed by atoms with E-state index in [9.17, 15) is 23.3 Å². The van der Waals surface area contributed by atoms with Crippen LogP contribution in [0.25, 0.3) is 0 Å². The molecule has 110 valence electrons. The van der Waals surface area contributed by atoms with E-state index in [0.717, 1.165) is 18.2 Å². The second-order valence-electron chi connectivity index (χ2n) is 3.56. The molecule has 0 aromatic heterocycles. The van der Waals surface area contributed by atoms with Gasteiger partial charge in [0, 0.05) is 19.2 Å². The molecule has 0 saturated carbocycles. The minimum absolute atomic E-state index is 0.00968. The molecule has 0 heterocycles. The van der Waals surface area contributed by atoms with Gasteiger partial charge in [-0.25, -0.2) is 17.9 Å². The van der Waals surface area contributed by atoms with E-state index in [1.165, 1.54) is 0 Å². The Balaban J connectivity index is 2.85. The molecule has 0 fully saturated rings. The predicted molar refractivity (Wildman–Crippen MR) is 70.9 cm³/mol. The molecule has 1 rings (SSSR count). The lowest BCUT2D eigenvalue weighted by Gasteiger charge is -2.07. The first-order chi connectivity index (χ1) is 9.24. The van der Waals surface area contributed by atoms with Gasteiger partial charge in [0.2, 0.25) is 10.0 Å². The molecule has 0 unspecified atom stereocenters. The number of carbonyl (C=O) groups excluding carboxylic acids is 1. The van der Waals surface area contributed by atoms with Crippen molar-refractivity contribution in [3.8, 4) is 0 Å². The fraction of sp³-hybridized carbons (Fsp3) is 0.222. The number of carbonyl (C=O) groups is 1. The molecule has 9 nitrogen and oxygen atoms in total. The predicted octanol–water partition coefficient (Wildman–Crippen LogP) is 0.195. The minimum atomic E-state index is -3.94. The van der Waals surface area contributed by atoms with Crippen molar-refractivity contribution in [2.45, 2.75) is 4.90 Å². The van der Waals surface area contributed by atoms with Crippen molar-refractivity contribution < 1.29 is 18.1 Å². The summed E-state index contributed by atoms with van der Waals surface area (Å²) in [5, 5.41) is 12.7. The Morgan fingerprint density at radius 1 is 1.40 bits per heavy atom. The zero-order chi connectivity index (χ0) is 15.3. The minimum Gasteiger partial charge on any atom is -0.352 e. The molecule has 1 aromatic rings. The summed E-state index contributed by atoms with van der Waals surface area (Å²) in [7, 11) is -3.94. The van der Waals surface area contributed by atoms with Gasteiger partial charge >= 0.3 is 6.03 Å². The second-order valence-corrected chi connectivity index (χ2v) is 5.73. The molecular weight excluding hydrogens is 312 g/mol. The number of primary amides is 1. The first kappa shape index (κ1) is 16.1. The molecule has 0 aliphatic heterocycles. The highest BCUT2D eigenvalue weighted by Crippen LogP contribution is 2.26. The molecule has 0 saturated heterocycles. The summed E-state index contributed by atoms with van der Waals surface area (Å²) in [5.74, 6) is 0. The van der Waals surface area contributed by atoms with Crippen LogP contribution in [0.15, 0.2) is 23.1 Å². The Morgan fingerprint density at radius 3 is 2.60 bits per heavy atom. The van der Waals surface area contributed by atoms with E-state index in [4.69, 9.17) is 17.3 Å². The van der Waals surface area contributed by atoms with Crippen molar-refractivity contribution >= 4 is 33.3 Å². The largest absolute Gasteiger partial charge is 0.352 e. The van der Waals surface area contributed by atoms with Crippen molar-refractivity contribution in [2.24, 2.45) is 5.73 Å². The van der Waals surface area contributed by atoms with E-state index in [0.29, 0.717) is 0 Å². The summed E-state index contributed by atoms with van der Waals surface area (Å²) in [4.78, 5) is 20.0. The molecule has 0 spiro atoms. The zero-order valence-electron chi connectivity index (χ0n) is 10.00. The molecule has 20 heavy (non-hydrogen) atoms. The van der Waals surface area contributed by atoms with Crippen molar-refractivity contribution in [3.63, 3.8) is 0 Å². The highest BCUT2D eigenvalue weighted by Gasteiger charge is 2.20. The van der Waals surface area contributed by atoms with E-state index in [1.807, 2.05) is 0 Å². The van der Waals surface area contributed by atoms with Gasteiger partial charge in [-0.3, -0.25) is 10.1 Å². The summed E-state index contributed by atoms with van der Waals surface area (Å²) in [6.45, 7) is -0.119. The van der Waals surface area contributed by atoms with Crippen LogP contribution < -0.4 is 15.8 Å². The summed E-state index contributed by atoms with van der Waals surface area (Å²) in [6, 6.07) is 2.33. The van der Waals surface area contributed by atoms with E-state index in [-0.39, 0.29) is 23.0 Å². The molecule has 1 aromatic carbocycles. The fourth-order valence-corrected chi connectivity index (χ4v) is 2.49. The van der Waals surface area contributed by atoms with Crippen molar-refractivity contribution in [3.05, 3.63) is 33.3 Å². The Hall–Kier alpha value is -1.91. The van der Waals surface area contributed by atoms with Crippen molar-refractivity contribution in [1.29, 1.82) is 0 Å². The smallest absolute Gasteiger partial charge is 0.312 e. The third-order valence-electron chi connectivity index (χ3n) is 2.14. The fourth-order valence-electron chi connectivity index (χ4n) is 1.25. The van der Waals surface area contributed by atoms with Gasteiger partial charge in [-0.05, 0) is 12.1 Å². The number of nitro groups is 1. The number of nitro benzene ring substituents is 1. The van der Waals surface area contributed by atoms with Gasteiger partial charge in [0.25, 0.3) is 5.69 Å².